The van der Waals surface area contributed by atoms with Gasteiger partial charge in [-0.15, -0.1) is 0 Å². The quantitative estimate of drug-likeness (QED) is 0.372. The van der Waals surface area contributed by atoms with Crippen molar-refractivity contribution in [3.8, 4) is 0 Å². The largest absolute Gasteiger partial charge is 0.381 e. The fourth-order valence-corrected chi connectivity index (χ4v) is 0.785. The summed E-state index contributed by atoms with van der Waals surface area (Å²) in [6.45, 7) is 1.93. The third-order valence-electron chi connectivity index (χ3n) is 1.25. The summed E-state index contributed by atoms with van der Waals surface area (Å²) in [6.07, 6.45) is 1.95. The van der Waals surface area contributed by atoms with Gasteiger partial charge in [0.25, 0.3) is 0 Å². The zero-order valence-corrected chi connectivity index (χ0v) is 6.30. The lowest BCUT2D eigenvalue weighted by molar-refractivity contribution is 0.183. The van der Waals surface area contributed by atoms with E-state index in [9.17, 15) is 0 Å². The third kappa shape index (κ3) is 4.69. The number of aliphatic hydroxyl groups excluding tert-OH is 2. The molecule has 0 bridgehead atoms. The van der Waals surface area contributed by atoms with Gasteiger partial charge in [0.15, 0.2) is 0 Å². The van der Waals surface area contributed by atoms with Crippen molar-refractivity contribution in [2.75, 3.05) is 13.5 Å². The molecule has 0 aliphatic carbocycles. The highest BCUT2D eigenvalue weighted by atomic mass is 16.3. The number of hydrogen-bond donors (Lipinski definition) is 4. The van der Waals surface area contributed by atoms with Gasteiger partial charge in [-0.3, -0.25) is 10.6 Å². The van der Waals surface area contributed by atoms with E-state index < -0.39 is 0 Å². The molecule has 4 nitrogen and oxygen atoms in total. The Morgan fingerprint density at radius 3 is 2.00 bits per heavy atom. The molecule has 0 rings (SSSR count). The first-order chi connectivity index (χ1) is 4.85. The SMILES string of the molecule is CCCC(NCO)NCO. The average Bonchev–Trinajstić information content (AvgIpc) is 1.90. The fourth-order valence-electron chi connectivity index (χ4n) is 0.785. The molecule has 4 N–H and O–H groups in total. The van der Waals surface area contributed by atoms with Crippen molar-refractivity contribution in [1.29, 1.82) is 0 Å². The van der Waals surface area contributed by atoms with Crippen LogP contribution in [0, 0.1) is 0 Å². The van der Waals surface area contributed by atoms with Crippen LogP contribution in [-0.4, -0.2) is 29.8 Å². The topological polar surface area (TPSA) is 64.5 Å². The molecule has 62 valence electrons. The minimum absolute atomic E-state index is 0.0278. The number of nitrogens with one attached hydrogen (secondary N) is 2. The molecule has 0 atom stereocenters. The van der Waals surface area contributed by atoms with Gasteiger partial charge in [0.2, 0.25) is 0 Å². The van der Waals surface area contributed by atoms with E-state index in [2.05, 4.69) is 10.6 Å². The monoisotopic (exact) mass is 148 g/mol. The van der Waals surface area contributed by atoms with Crippen molar-refractivity contribution >= 4 is 0 Å². The van der Waals surface area contributed by atoms with E-state index in [1.807, 2.05) is 6.92 Å². The molecular formula is C6H16N2O2. The van der Waals surface area contributed by atoms with Gasteiger partial charge in [0.05, 0.1) is 19.6 Å². The van der Waals surface area contributed by atoms with Crippen LogP contribution in [0.2, 0.25) is 0 Å². The van der Waals surface area contributed by atoms with Gasteiger partial charge in [-0.2, -0.15) is 0 Å². The molecule has 0 spiro atoms. The van der Waals surface area contributed by atoms with E-state index in [4.69, 9.17) is 10.2 Å². The summed E-state index contributed by atoms with van der Waals surface area (Å²) >= 11 is 0. The zero-order valence-electron chi connectivity index (χ0n) is 6.30. The van der Waals surface area contributed by atoms with Gasteiger partial charge in [-0.05, 0) is 6.42 Å². The van der Waals surface area contributed by atoms with Gasteiger partial charge in [-0.25, -0.2) is 0 Å². The maximum atomic E-state index is 8.46. The summed E-state index contributed by atoms with van der Waals surface area (Å²) in [5, 5.41) is 22.5. The van der Waals surface area contributed by atoms with Crippen molar-refractivity contribution in [2.24, 2.45) is 0 Å². The van der Waals surface area contributed by atoms with Gasteiger partial charge in [0, 0.05) is 0 Å². The molecule has 0 aromatic rings. The number of rotatable bonds is 6. The first-order valence-electron chi connectivity index (χ1n) is 3.53. The minimum atomic E-state index is -0.0579. The molecule has 0 fully saturated rings. The van der Waals surface area contributed by atoms with Gasteiger partial charge < -0.3 is 10.2 Å². The van der Waals surface area contributed by atoms with E-state index in [1.165, 1.54) is 0 Å². The molecule has 0 aromatic carbocycles. The van der Waals surface area contributed by atoms with Gasteiger partial charge >= 0.3 is 0 Å². The third-order valence-corrected chi connectivity index (χ3v) is 1.25. The van der Waals surface area contributed by atoms with E-state index in [1.54, 1.807) is 0 Å². The summed E-state index contributed by atoms with van der Waals surface area (Å²) in [7, 11) is 0. The molecular weight excluding hydrogens is 132 g/mol. The second-order valence-corrected chi connectivity index (χ2v) is 2.07. The first-order valence-corrected chi connectivity index (χ1v) is 3.53. The van der Waals surface area contributed by atoms with Crippen molar-refractivity contribution in [3.63, 3.8) is 0 Å². The zero-order chi connectivity index (χ0) is 7.82. The lowest BCUT2D eigenvalue weighted by atomic mass is 10.3. The molecule has 0 aromatic heterocycles. The minimum Gasteiger partial charge on any atom is -0.381 e. The van der Waals surface area contributed by atoms with Crippen LogP contribution in [0.25, 0.3) is 0 Å². The molecule has 0 saturated carbocycles. The van der Waals surface area contributed by atoms with Gasteiger partial charge in [0.1, 0.15) is 0 Å². The van der Waals surface area contributed by atoms with Crippen LogP contribution in [0.5, 0.6) is 0 Å². The second kappa shape index (κ2) is 6.95. The van der Waals surface area contributed by atoms with Crippen molar-refractivity contribution in [2.45, 2.75) is 25.9 Å². The summed E-state index contributed by atoms with van der Waals surface area (Å²) in [6, 6.07) is 0. The smallest absolute Gasteiger partial charge is 0.0943 e. The van der Waals surface area contributed by atoms with Crippen molar-refractivity contribution < 1.29 is 10.2 Å². The summed E-state index contributed by atoms with van der Waals surface area (Å²) in [5.41, 5.74) is 0. The lowest BCUT2D eigenvalue weighted by Crippen LogP contribution is -2.42. The lowest BCUT2D eigenvalue weighted by Gasteiger charge is -2.16. The van der Waals surface area contributed by atoms with Crippen LogP contribution in [-0.2, 0) is 0 Å². The Balaban J connectivity index is 3.30. The number of hydrogen-bond acceptors (Lipinski definition) is 4. The standard InChI is InChI=1S/C6H16N2O2/c1-2-3-6(7-4-9)8-5-10/h6-10H,2-5H2,1H3. The fraction of sp³-hybridized carbons (Fsp3) is 1.00. The average molecular weight is 148 g/mol. The molecule has 0 aliphatic heterocycles. The molecule has 10 heavy (non-hydrogen) atoms. The van der Waals surface area contributed by atoms with Crippen LogP contribution >= 0.6 is 0 Å². The normalized spacial score (nSPS) is 10.8. The van der Waals surface area contributed by atoms with Crippen LogP contribution in [0.1, 0.15) is 19.8 Å². The summed E-state index contributed by atoms with van der Waals surface area (Å²) < 4.78 is 0. The Bertz CT molecular complexity index is 56.5. The molecule has 0 aliphatic rings. The maximum Gasteiger partial charge on any atom is 0.0943 e. The van der Waals surface area contributed by atoms with Crippen LogP contribution in [0.3, 0.4) is 0 Å². The van der Waals surface area contributed by atoms with E-state index >= 15 is 0 Å². The van der Waals surface area contributed by atoms with E-state index in [0.29, 0.717) is 0 Å². The van der Waals surface area contributed by atoms with Crippen LogP contribution in [0.4, 0.5) is 0 Å². The molecule has 0 unspecified atom stereocenters. The van der Waals surface area contributed by atoms with Crippen LogP contribution in [0.15, 0.2) is 0 Å². The molecule has 0 radical (unpaired) electrons. The second-order valence-electron chi connectivity index (χ2n) is 2.07. The Morgan fingerprint density at radius 1 is 1.20 bits per heavy atom. The molecule has 0 heterocycles. The van der Waals surface area contributed by atoms with Gasteiger partial charge in [-0.1, -0.05) is 13.3 Å². The Kier molecular flexibility index (Phi) is 6.84. The highest BCUT2D eigenvalue weighted by Gasteiger charge is 2.01. The Hall–Kier alpha value is -0.160. The maximum absolute atomic E-state index is 8.46. The predicted molar refractivity (Wildman–Crippen MR) is 39.1 cm³/mol. The number of aliphatic hydroxyl groups is 2. The Labute approximate surface area is 61.3 Å². The Morgan fingerprint density at radius 2 is 1.70 bits per heavy atom. The molecule has 0 saturated heterocycles. The predicted octanol–water partition coefficient (Wildman–Crippen LogP) is -0.809. The van der Waals surface area contributed by atoms with E-state index in [-0.39, 0.29) is 19.6 Å². The molecule has 0 amide bonds. The highest BCUT2D eigenvalue weighted by molar-refractivity contribution is 4.57. The highest BCUT2D eigenvalue weighted by Crippen LogP contribution is 1.90. The molecule has 4 heteroatoms. The van der Waals surface area contributed by atoms with Crippen molar-refractivity contribution in [3.05, 3.63) is 0 Å². The first kappa shape index (κ1) is 9.84. The van der Waals surface area contributed by atoms with E-state index in [0.717, 1.165) is 12.8 Å². The van der Waals surface area contributed by atoms with Crippen molar-refractivity contribution in [1.82, 2.24) is 10.6 Å². The summed E-state index contributed by atoms with van der Waals surface area (Å²) in [5.74, 6) is 0. The summed E-state index contributed by atoms with van der Waals surface area (Å²) in [4.78, 5) is 0. The van der Waals surface area contributed by atoms with Crippen LogP contribution < -0.4 is 10.6 Å².